The molecule has 3 heterocycles. The number of fused-ring (bicyclic) bond motifs is 1. The summed E-state index contributed by atoms with van der Waals surface area (Å²) in [6.45, 7) is 0.739. The number of hydrogen-bond acceptors (Lipinski definition) is 7. The Morgan fingerprint density at radius 1 is 1.45 bits per heavy atom. The van der Waals surface area contributed by atoms with Crippen molar-refractivity contribution in [3.8, 4) is 0 Å². The van der Waals surface area contributed by atoms with Gasteiger partial charge in [-0.1, -0.05) is 0 Å². The van der Waals surface area contributed by atoms with Crippen LogP contribution in [0.1, 0.15) is 0 Å². The van der Waals surface area contributed by atoms with Crippen LogP contribution >= 0.6 is 11.8 Å². The maximum atomic E-state index is 9.10. The van der Waals surface area contributed by atoms with E-state index in [1.165, 1.54) is 0 Å². The number of imidazole rings is 1. The molecule has 3 rings (SSSR count). The molecule has 7 nitrogen and oxygen atoms in total. The lowest BCUT2D eigenvalue weighted by atomic mass is 10.4. The van der Waals surface area contributed by atoms with Crippen molar-refractivity contribution in [1.82, 2.24) is 19.5 Å². The first-order chi connectivity index (χ1) is 9.69. The summed E-state index contributed by atoms with van der Waals surface area (Å²) >= 11 is 1.71. The second-order valence-electron chi connectivity index (χ2n) is 4.86. The summed E-state index contributed by atoms with van der Waals surface area (Å²) in [5.41, 5.74) is 1.63. The van der Waals surface area contributed by atoms with Crippen LogP contribution in [0.2, 0.25) is 0 Å². The third-order valence-electron chi connectivity index (χ3n) is 3.17. The normalized spacial score (nSPS) is 22.6. The lowest BCUT2D eigenvalue weighted by Gasteiger charge is -2.13. The van der Waals surface area contributed by atoms with Gasteiger partial charge in [-0.05, 0) is 0 Å². The van der Waals surface area contributed by atoms with Crippen molar-refractivity contribution in [2.45, 2.75) is 18.1 Å². The quantitative estimate of drug-likeness (QED) is 0.871. The summed E-state index contributed by atoms with van der Waals surface area (Å²) in [6, 6.07) is 0. The standard InChI is InChI=1S/C12H17N5O2S/c1-16(2)11-10-12(14-6-13-11)17(7-15-10)3-9-19-8(4-18)5-20-9/h6-9,18H,3-5H2,1-2H3. The van der Waals surface area contributed by atoms with Crippen molar-refractivity contribution in [1.29, 1.82) is 0 Å². The number of aromatic nitrogens is 4. The van der Waals surface area contributed by atoms with Crippen molar-refractivity contribution in [2.24, 2.45) is 0 Å². The number of thioether (sulfide) groups is 1. The van der Waals surface area contributed by atoms with E-state index in [1.807, 2.05) is 23.6 Å². The lowest BCUT2D eigenvalue weighted by Crippen LogP contribution is -2.19. The predicted molar refractivity (Wildman–Crippen MR) is 77.9 cm³/mol. The third-order valence-corrected chi connectivity index (χ3v) is 4.36. The highest BCUT2D eigenvalue weighted by atomic mass is 32.2. The molecule has 1 aliphatic rings. The van der Waals surface area contributed by atoms with Crippen LogP contribution in [0.3, 0.4) is 0 Å². The van der Waals surface area contributed by atoms with E-state index >= 15 is 0 Å². The van der Waals surface area contributed by atoms with Gasteiger partial charge in [0.05, 0.1) is 25.6 Å². The second kappa shape index (κ2) is 5.55. The Morgan fingerprint density at radius 2 is 2.30 bits per heavy atom. The third kappa shape index (κ3) is 2.46. The van der Waals surface area contributed by atoms with Crippen LogP contribution in [-0.2, 0) is 11.3 Å². The average molecular weight is 295 g/mol. The summed E-state index contributed by atoms with van der Waals surface area (Å²) in [4.78, 5) is 14.9. The van der Waals surface area contributed by atoms with Crippen LogP contribution in [0, 0.1) is 0 Å². The summed E-state index contributed by atoms with van der Waals surface area (Å²) in [7, 11) is 3.87. The maximum Gasteiger partial charge on any atom is 0.165 e. The van der Waals surface area contributed by atoms with Crippen LogP contribution in [-0.4, -0.2) is 62.6 Å². The van der Waals surface area contributed by atoms with Crippen LogP contribution < -0.4 is 4.90 Å². The molecular formula is C12H17N5O2S. The van der Waals surface area contributed by atoms with E-state index in [-0.39, 0.29) is 18.1 Å². The van der Waals surface area contributed by atoms with Crippen LogP contribution in [0.15, 0.2) is 12.7 Å². The first-order valence-electron chi connectivity index (χ1n) is 6.40. The average Bonchev–Trinajstić information content (AvgIpc) is 3.06. The van der Waals surface area contributed by atoms with Gasteiger partial charge in [0.2, 0.25) is 0 Å². The van der Waals surface area contributed by atoms with Crippen molar-refractivity contribution < 1.29 is 9.84 Å². The fourth-order valence-corrected chi connectivity index (χ4v) is 3.30. The summed E-state index contributed by atoms with van der Waals surface area (Å²) in [6.07, 6.45) is 3.25. The second-order valence-corrected chi connectivity index (χ2v) is 6.06. The van der Waals surface area contributed by atoms with E-state index in [2.05, 4.69) is 15.0 Å². The van der Waals surface area contributed by atoms with Crippen LogP contribution in [0.4, 0.5) is 5.82 Å². The zero-order chi connectivity index (χ0) is 14.1. The molecule has 0 aliphatic carbocycles. The minimum absolute atomic E-state index is 0.0299. The molecule has 1 N–H and O–H groups in total. The number of aliphatic hydroxyl groups excluding tert-OH is 1. The molecule has 108 valence electrons. The minimum atomic E-state index is -0.0632. The number of rotatable bonds is 4. The Bertz CT molecular complexity index is 603. The molecule has 0 saturated carbocycles. The largest absolute Gasteiger partial charge is 0.394 e. The number of aliphatic hydroxyl groups is 1. The molecular weight excluding hydrogens is 278 g/mol. The van der Waals surface area contributed by atoms with Gasteiger partial charge >= 0.3 is 0 Å². The molecule has 2 atom stereocenters. The van der Waals surface area contributed by atoms with Gasteiger partial charge in [0.15, 0.2) is 17.0 Å². The molecule has 20 heavy (non-hydrogen) atoms. The van der Waals surface area contributed by atoms with Gasteiger partial charge in [-0.15, -0.1) is 11.8 Å². The van der Waals surface area contributed by atoms with Gasteiger partial charge in [0.1, 0.15) is 11.8 Å². The molecule has 2 unspecified atom stereocenters. The molecule has 2 aromatic heterocycles. The Balaban J connectivity index is 1.84. The zero-order valence-corrected chi connectivity index (χ0v) is 12.2. The zero-order valence-electron chi connectivity index (χ0n) is 11.4. The lowest BCUT2D eigenvalue weighted by molar-refractivity contribution is 0.0216. The predicted octanol–water partition coefficient (Wildman–Crippen LogP) is 0.343. The Hall–Kier alpha value is -1.38. The number of anilines is 1. The number of hydrogen-bond donors (Lipinski definition) is 1. The van der Waals surface area contributed by atoms with Gasteiger partial charge in [-0.2, -0.15) is 0 Å². The van der Waals surface area contributed by atoms with E-state index in [4.69, 9.17) is 9.84 Å². The van der Waals surface area contributed by atoms with Gasteiger partial charge in [0.25, 0.3) is 0 Å². The highest BCUT2D eigenvalue weighted by molar-refractivity contribution is 8.00. The highest BCUT2D eigenvalue weighted by Crippen LogP contribution is 2.27. The smallest absolute Gasteiger partial charge is 0.165 e. The molecule has 2 aromatic rings. The van der Waals surface area contributed by atoms with Crippen LogP contribution in [0.25, 0.3) is 11.2 Å². The van der Waals surface area contributed by atoms with E-state index in [9.17, 15) is 0 Å². The topological polar surface area (TPSA) is 76.3 Å². The van der Waals surface area contributed by atoms with Crippen molar-refractivity contribution in [3.05, 3.63) is 12.7 Å². The van der Waals surface area contributed by atoms with Gasteiger partial charge < -0.3 is 19.3 Å². The monoisotopic (exact) mass is 295 g/mol. The molecule has 0 bridgehead atoms. The Kier molecular flexibility index (Phi) is 3.77. The molecule has 1 fully saturated rings. The molecule has 0 spiro atoms. The van der Waals surface area contributed by atoms with Gasteiger partial charge in [-0.25, -0.2) is 15.0 Å². The van der Waals surface area contributed by atoms with Crippen molar-refractivity contribution >= 4 is 28.7 Å². The molecule has 0 radical (unpaired) electrons. The summed E-state index contributed by atoms with van der Waals surface area (Å²) in [5, 5.41) is 9.10. The molecule has 0 amide bonds. The molecule has 8 heteroatoms. The van der Waals surface area contributed by atoms with Gasteiger partial charge in [-0.3, -0.25) is 0 Å². The minimum Gasteiger partial charge on any atom is -0.394 e. The first kappa shape index (κ1) is 13.6. The summed E-state index contributed by atoms with van der Waals surface area (Å²) < 4.78 is 7.69. The SMILES string of the molecule is CN(C)c1ncnc2c1ncn2CC1OC(CO)CS1. The molecule has 1 aliphatic heterocycles. The van der Waals surface area contributed by atoms with Crippen molar-refractivity contribution in [2.75, 3.05) is 31.4 Å². The fraction of sp³-hybridized carbons (Fsp3) is 0.583. The van der Waals surface area contributed by atoms with Gasteiger partial charge in [0, 0.05) is 19.8 Å². The fourth-order valence-electron chi connectivity index (χ4n) is 2.19. The van der Waals surface area contributed by atoms with Crippen LogP contribution in [0.5, 0.6) is 0 Å². The van der Waals surface area contributed by atoms with E-state index in [0.29, 0.717) is 6.54 Å². The molecule has 1 saturated heterocycles. The Morgan fingerprint density at radius 3 is 3.00 bits per heavy atom. The van der Waals surface area contributed by atoms with E-state index in [0.717, 1.165) is 22.7 Å². The summed E-state index contributed by atoms with van der Waals surface area (Å²) in [5.74, 6) is 1.63. The number of ether oxygens (including phenoxy) is 1. The Labute approximate surface area is 121 Å². The highest BCUT2D eigenvalue weighted by Gasteiger charge is 2.26. The maximum absolute atomic E-state index is 9.10. The van der Waals surface area contributed by atoms with Crippen molar-refractivity contribution in [3.63, 3.8) is 0 Å². The van der Waals surface area contributed by atoms with E-state index < -0.39 is 0 Å². The number of nitrogens with zero attached hydrogens (tertiary/aromatic N) is 5. The molecule has 0 aromatic carbocycles. The van der Waals surface area contributed by atoms with E-state index in [1.54, 1.807) is 24.4 Å². The first-order valence-corrected chi connectivity index (χ1v) is 7.45.